The monoisotopic (exact) mass is 887 g/mol. The number of hydrogen-bond donors (Lipinski definition) is 0. The fourth-order valence-electron chi connectivity index (χ4n) is 4.71. The number of hydrogen-bond acceptors (Lipinski definition) is 5. The molecule has 0 radical (unpaired) electrons. The molecule has 0 spiro atoms. The normalized spacial score (nSPS) is 15.4. The number of allylic oxidation sites excluding steroid dienone is 4. The Labute approximate surface area is 276 Å². The van der Waals surface area contributed by atoms with Gasteiger partial charge in [-0.3, -0.25) is 4.99 Å². The molecule has 2 aromatic carbocycles. The average Bonchev–Trinajstić information content (AvgIpc) is 2.91. The molecule has 0 bridgehead atoms. The first-order chi connectivity index (χ1) is 18.2. The summed E-state index contributed by atoms with van der Waals surface area (Å²) in [5.74, 6) is 1.81. The second-order valence-corrected chi connectivity index (χ2v) is 10.2. The van der Waals surface area contributed by atoms with Gasteiger partial charge in [-0.25, -0.2) is 0 Å². The summed E-state index contributed by atoms with van der Waals surface area (Å²) in [5, 5.41) is 0. The van der Waals surface area contributed by atoms with Crippen LogP contribution in [0.25, 0.3) is 0 Å². The predicted octanol–water partition coefficient (Wildman–Crippen LogP) is 8.29. The Morgan fingerprint density at radius 2 is 1.02 bits per heavy atom. The fraction of sp³-hybridized carbons (Fsp3) is 0.265. The van der Waals surface area contributed by atoms with Crippen LogP contribution in [0.3, 0.4) is 0 Å². The van der Waals surface area contributed by atoms with Gasteiger partial charge in [0, 0.05) is 79.0 Å². The van der Waals surface area contributed by atoms with Crippen molar-refractivity contribution in [1.82, 2.24) is 9.80 Å². The molecule has 7 heteroatoms. The van der Waals surface area contributed by atoms with Crippen LogP contribution in [0.5, 0.6) is 0 Å². The van der Waals surface area contributed by atoms with E-state index in [-0.39, 0.29) is 42.1 Å². The van der Waals surface area contributed by atoms with E-state index >= 15 is 0 Å². The molecular formula is C34H41N5W2-2. The van der Waals surface area contributed by atoms with Crippen LogP contribution in [0.4, 0.5) is 17.1 Å². The van der Waals surface area contributed by atoms with Gasteiger partial charge in [0.05, 0.1) is 11.6 Å². The number of aliphatic imine (C=N–C) groups is 1. The summed E-state index contributed by atoms with van der Waals surface area (Å²) >= 11 is 0. The average molecular weight is 887 g/mol. The van der Waals surface area contributed by atoms with Crippen LogP contribution in [0.15, 0.2) is 101 Å². The number of benzene rings is 2. The molecule has 2 heterocycles. The van der Waals surface area contributed by atoms with Crippen molar-refractivity contribution in [2.75, 3.05) is 23.9 Å². The third-order valence-electron chi connectivity index (χ3n) is 7.83. The summed E-state index contributed by atoms with van der Waals surface area (Å²) in [6, 6.07) is 14.4. The molecule has 0 unspecified atom stereocenters. The van der Waals surface area contributed by atoms with Crippen molar-refractivity contribution in [3.63, 3.8) is 0 Å². The Morgan fingerprint density at radius 3 is 1.39 bits per heavy atom. The summed E-state index contributed by atoms with van der Waals surface area (Å²) in [6.45, 7) is 34.9. The van der Waals surface area contributed by atoms with Gasteiger partial charge in [0.25, 0.3) is 0 Å². The van der Waals surface area contributed by atoms with Crippen LogP contribution in [0.1, 0.15) is 44.4 Å². The van der Waals surface area contributed by atoms with Crippen LogP contribution < -0.4 is 9.80 Å². The number of aryl methyl sites for hydroxylation is 3. The van der Waals surface area contributed by atoms with Crippen molar-refractivity contribution in [2.24, 2.45) is 4.99 Å². The Hall–Kier alpha value is -2.87. The quantitative estimate of drug-likeness (QED) is 0.229. The summed E-state index contributed by atoms with van der Waals surface area (Å²) in [7, 11) is 4.05. The first-order valence-electron chi connectivity index (χ1n) is 12.9. The zero-order chi connectivity index (χ0) is 29.3. The van der Waals surface area contributed by atoms with Gasteiger partial charge < -0.3 is 19.6 Å². The smallest absolute Gasteiger partial charge is 0.0983 e. The molecule has 5 nitrogen and oxygen atoms in total. The van der Waals surface area contributed by atoms with Crippen LogP contribution in [-0.2, 0) is 42.1 Å². The minimum Gasteiger partial charge on any atom is -0.352 e. The first-order valence-corrected chi connectivity index (χ1v) is 12.9. The van der Waals surface area contributed by atoms with Crippen molar-refractivity contribution >= 4 is 23.8 Å². The molecule has 0 amide bonds. The fourth-order valence-corrected chi connectivity index (χ4v) is 4.71. The van der Waals surface area contributed by atoms with Gasteiger partial charge in [0.1, 0.15) is 0 Å². The minimum atomic E-state index is 0. The minimum absolute atomic E-state index is 0. The van der Waals surface area contributed by atoms with E-state index in [2.05, 4.69) is 117 Å². The summed E-state index contributed by atoms with van der Waals surface area (Å²) in [6.07, 6.45) is 0. The molecule has 2 aliphatic heterocycles. The molecule has 0 fully saturated rings. The van der Waals surface area contributed by atoms with Gasteiger partial charge in [0.15, 0.2) is 0 Å². The molecule has 0 atom stereocenters. The Bertz CT molecular complexity index is 1460. The molecule has 0 saturated carbocycles. The molecule has 0 aliphatic carbocycles. The van der Waals surface area contributed by atoms with Crippen LogP contribution in [-0.4, -0.2) is 30.6 Å². The molecule has 4 rings (SSSR count). The van der Waals surface area contributed by atoms with E-state index in [1.807, 2.05) is 39.2 Å². The van der Waals surface area contributed by atoms with Crippen molar-refractivity contribution in [1.29, 1.82) is 0 Å². The molecule has 0 aromatic heterocycles. The van der Waals surface area contributed by atoms with E-state index in [1.54, 1.807) is 0 Å². The van der Waals surface area contributed by atoms with E-state index < -0.39 is 0 Å². The maximum atomic E-state index is 4.22. The summed E-state index contributed by atoms with van der Waals surface area (Å²) in [5.41, 5.74) is 13.0. The molecule has 0 saturated heterocycles. The zero-order valence-corrected chi connectivity index (χ0v) is 31.8. The first kappa shape index (κ1) is 36.2. The van der Waals surface area contributed by atoms with Gasteiger partial charge in [-0.05, 0) is 51.2 Å². The van der Waals surface area contributed by atoms with Gasteiger partial charge in [-0.2, -0.15) is 35.9 Å². The van der Waals surface area contributed by atoms with Gasteiger partial charge in [-0.1, -0.05) is 58.5 Å². The number of anilines is 2. The predicted molar refractivity (Wildman–Crippen MR) is 168 cm³/mol. The maximum absolute atomic E-state index is 4.22. The Balaban J connectivity index is 0.000000391. The van der Waals surface area contributed by atoms with E-state index in [4.69, 9.17) is 0 Å². The zero-order valence-electron chi connectivity index (χ0n) is 25.9. The number of rotatable bonds is 3. The van der Waals surface area contributed by atoms with Crippen LogP contribution >= 0.6 is 0 Å². The molecule has 41 heavy (non-hydrogen) atoms. The second-order valence-electron chi connectivity index (χ2n) is 10.2. The van der Waals surface area contributed by atoms with Crippen molar-refractivity contribution in [2.45, 2.75) is 48.5 Å². The van der Waals surface area contributed by atoms with Gasteiger partial charge in [-0.15, -0.1) is 17.2 Å². The van der Waals surface area contributed by atoms with Gasteiger partial charge >= 0.3 is 0 Å². The molecule has 216 valence electrons. The van der Waals surface area contributed by atoms with E-state index in [9.17, 15) is 0 Å². The van der Waals surface area contributed by atoms with E-state index in [0.29, 0.717) is 0 Å². The SMILES string of the molecule is C=C1C(C)=C(C)N(C)C(=C)N1c1c[c-]c(C)cc1C.C=Nc1[c-]cc(N2C(=C)C(C)=C(C)N(C)C2=C)c(C)c1.[W].[W]. The standard InChI is InChI=1S/C17H20N3.C17H21N2.2W/c1-11-10-16(18-6)8-9-17(11)20-14(4)12(2)13(3)19(7)15(20)5;1-11-8-9-17(12(2)10-11)19-15(5)13(3)14(4)18(7)16(19)6;;/h9-10H,4-6H2,1-3,7H3;9-10H,5-6H2,1-4,7H3;;/q2*-1;;. The third kappa shape index (κ3) is 6.96. The summed E-state index contributed by atoms with van der Waals surface area (Å²) in [4.78, 5) is 12.2. The van der Waals surface area contributed by atoms with Crippen molar-refractivity contribution < 1.29 is 42.1 Å². The Kier molecular flexibility index (Phi) is 12.6. The Morgan fingerprint density at radius 1 is 0.634 bits per heavy atom. The third-order valence-corrected chi connectivity index (χ3v) is 7.83. The maximum Gasteiger partial charge on any atom is 0.0983 e. The molecular weight excluding hydrogens is 846 g/mol. The van der Waals surface area contributed by atoms with Crippen LogP contribution in [0, 0.1) is 32.9 Å². The van der Waals surface area contributed by atoms with Crippen molar-refractivity contribution in [3.8, 4) is 0 Å². The largest absolute Gasteiger partial charge is 0.352 e. The summed E-state index contributed by atoms with van der Waals surface area (Å²) < 4.78 is 0. The molecule has 2 aliphatic rings. The molecule has 2 aromatic rings. The topological polar surface area (TPSA) is 25.3 Å². The second kappa shape index (κ2) is 14.3. The van der Waals surface area contributed by atoms with E-state index in [0.717, 1.165) is 56.8 Å². The van der Waals surface area contributed by atoms with E-state index in [1.165, 1.54) is 22.5 Å². The molecule has 0 N–H and O–H groups in total. The van der Waals surface area contributed by atoms with Crippen LogP contribution in [0.2, 0.25) is 0 Å². The van der Waals surface area contributed by atoms with Gasteiger partial charge in [0.2, 0.25) is 0 Å². The van der Waals surface area contributed by atoms with Crippen molar-refractivity contribution in [3.05, 3.63) is 125 Å². The number of nitrogens with zero attached hydrogens (tertiary/aromatic N) is 5.